The van der Waals surface area contributed by atoms with Crippen molar-refractivity contribution in [2.24, 2.45) is 5.92 Å². The highest BCUT2D eigenvalue weighted by atomic mass is 16.5. The number of ether oxygens (including phenoxy) is 2. The van der Waals surface area contributed by atoms with E-state index < -0.39 is 0 Å². The zero-order chi connectivity index (χ0) is 13.5. The summed E-state index contributed by atoms with van der Waals surface area (Å²) in [6.45, 7) is 7.90. The summed E-state index contributed by atoms with van der Waals surface area (Å²) in [5.41, 5.74) is 1.35. The normalized spacial score (nSPS) is 15.1. The van der Waals surface area contributed by atoms with Crippen molar-refractivity contribution in [3.63, 3.8) is 0 Å². The smallest absolute Gasteiger partial charge is 0.161 e. The largest absolute Gasteiger partial charge is 0.490 e. The zero-order valence-electron chi connectivity index (χ0n) is 12.1. The van der Waals surface area contributed by atoms with E-state index in [0.717, 1.165) is 56.4 Å². The maximum absolute atomic E-state index is 5.79. The van der Waals surface area contributed by atoms with Crippen molar-refractivity contribution < 1.29 is 9.47 Å². The van der Waals surface area contributed by atoms with Gasteiger partial charge in [-0.1, -0.05) is 19.4 Å². The molecule has 3 nitrogen and oxygen atoms in total. The number of rotatable bonds is 8. The van der Waals surface area contributed by atoms with Crippen molar-refractivity contribution in [2.45, 2.75) is 33.1 Å². The number of benzene rings is 1. The van der Waals surface area contributed by atoms with E-state index in [2.05, 4.69) is 30.4 Å². The molecule has 0 unspecified atom stereocenters. The molecule has 1 heterocycles. The molecule has 0 amide bonds. The van der Waals surface area contributed by atoms with Gasteiger partial charge in [0.2, 0.25) is 0 Å². The predicted molar refractivity (Wildman–Crippen MR) is 78.1 cm³/mol. The third-order valence-electron chi connectivity index (χ3n) is 3.45. The molecule has 1 aliphatic rings. The number of nitrogens with one attached hydrogen (secondary N) is 1. The van der Waals surface area contributed by atoms with E-state index in [1.54, 1.807) is 0 Å². The Labute approximate surface area is 116 Å². The molecule has 3 heteroatoms. The Morgan fingerprint density at radius 1 is 1.16 bits per heavy atom. The van der Waals surface area contributed by atoms with Gasteiger partial charge in [0.15, 0.2) is 11.5 Å². The molecular weight excluding hydrogens is 238 g/mol. The average Bonchev–Trinajstić information content (AvgIpc) is 2.37. The lowest BCUT2D eigenvalue weighted by Gasteiger charge is -2.27. The number of hydrogen-bond donors (Lipinski definition) is 1. The van der Waals surface area contributed by atoms with E-state index in [0.29, 0.717) is 6.61 Å². The van der Waals surface area contributed by atoms with Gasteiger partial charge in [0, 0.05) is 0 Å². The third kappa shape index (κ3) is 4.13. The molecule has 1 saturated heterocycles. The topological polar surface area (TPSA) is 30.5 Å². The Balaban J connectivity index is 2.00. The summed E-state index contributed by atoms with van der Waals surface area (Å²) in [5.74, 6) is 2.55. The Kier molecular flexibility index (Phi) is 5.52. The molecule has 0 saturated carbocycles. The molecule has 0 aliphatic carbocycles. The molecule has 0 aromatic heterocycles. The second-order valence-corrected chi connectivity index (χ2v) is 5.14. The molecule has 1 aliphatic heterocycles. The minimum Gasteiger partial charge on any atom is -0.490 e. The first-order valence-electron chi connectivity index (χ1n) is 7.42. The molecule has 1 N–H and O–H groups in total. The van der Waals surface area contributed by atoms with Crippen molar-refractivity contribution in [1.29, 1.82) is 0 Å². The first-order valence-corrected chi connectivity index (χ1v) is 7.42. The van der Waals surface area contributed by atoms with Crippen LogP contribution >= 0.6 is 0 Å². The summed E-state index contributed by atoms with van der Waals surface area (Å²) in [7, 11) is 0. The van der Waals surface area contributed by atoms with Crippen LogP contribution in [0.3, 0.4) is 0 Å². The van der Waals surface area contributed by atoms with Gasteiger partial charge in [0.25, 0.3) is 0 Å². The van der Waals surface area contributed by atoms with Crippen LogP contribution in [0.1, 0.15) is 32.3 Å². The molecule has 106 valence electrons. The van der Waals surface area contributed by atoms with Crippen LogP contribution < -0.4 is 14.8 Å². The predicted octanol–water partition coefficient (Wildman–Crippen LogP) is 3.03. The fourth-order valence-corrected chi connectivity index (χ4v) is 2.22. The van der Waals surface area contributed by atoms with Crippen LogP contribution in [0.25, 0.3) is 0 Å². The lowest BCUT2D eigenvalue weighted by Crippen LogP contribution is -2.43. The van der Waals surface area contributed by atoms with Crippen LogP contribution in [0.15, 0.2) is 18.2 Å². The zero-order valence-corrected chi connectivity index (χ0v) is 12.1. The summed E-state index contributed by atoms with van der Waals surface area (Å²) in [6.07, 6.45) is 3.36. The van der Waals surface area contributed by atoms with E-state index in [1.807, 2.05) is 6.92 Å². The van der Waals surface area contributed by atoms with Crippen LogP contribution in [0.4, 0.5) is 0 Å². The van der Waals surface area contributed by atoms with Crippen molar-refractivity contribution in [3.05, 3.63) is 23.8 Å². The van der Waals surface area contributed by atoms with E-state index in [4.69, 9.17) is 9.47 Å². The summed E-state index contributed by atoms with van der Waals surface area (Å²) in [6, 6.07) is 6.37. The molecule has 0 spiro atoms. The van der Waals surface area contributed by atoms with Gasteiger partial charge >= 0.3 is 0 Å². The van der Waals surface area contributed by atoms with Gasteiger partial charge in [-0.15, -0.1) is 0 Å². The SMILES string of the molecule is CCCCOc1ccc(CC2CNC2)cc1OCC. The van der Waals surface area contributed by atoms with Crippen LogP contribution in [-0.2, 0) is 6.42 Å². The van der Waals surface area contributed by atoms with Gasteiger partial charge in [-0.05, 0) is 56.5 Å². The van der Waals surface area contributed by atoms with Gasteiger partial charge in [0.05, 0.1) is 13.2 Å². The number of hydrogen-bond acceptors (Lipinski definition) is 3. The second kappa shape index (κ2) is 7.39. The van der Waals surface area contributed by atoms with Gasteiger partial charge < -0.3 is 14.8 Å². The fraction of sp³-hybridized carbons (Fsp3) is 0.625. The van der Waals surface area contributed by atoms with E-state index in [1.165, 1.54) is 5.56 Å². The molecule has 0 atom stereocenters. The average molecular weight is 263 g/mol. The molecule has 0 radical (unpaired) electrons. The highest BCUT2D eigenvalue weighted by Gasteiger charge is 2.17. The van der Waals surface area contributed by atoms with Gasteiger partial charge in [-0.2, -0.15) is 0 Å². The minimum absolute atomic E-state index is 0.679. The molecular formula is C16H25NO2. The van der Waals surface area contributed by atoms with Gasteiger partial charge in [-0.3, -0.25) is 0 Å². The van der Waals surface area contributed by atoms with Crippen molar-refractivity contribution >= 4 is 0 Å². The second-order valence-electron chi connectivity index (χ2n) is 5.14. The third-order valence-corrected chi connectivity index (χ3v) is 3.45. The van der Waals surface area contributed by atoms with Crippen molar-refractivity contribution in [3.8, 4) is 11.5 Å². The number of unbranched alkanes of at least 4 members (excludes halogenated alkanes) is 1. The van der Waals surface area contributed by atoms with Gasteiger partial charge in [0.1, 0.15) is 0 Å². The van der Waals surface area contributed by atoms with Crippen LogP contribution in [-0.4, -0.2) is 26.3 Å². The lowest BCUT2D eigenvalue weighted by molar-refractivity contribution is 0.272. The van der Waals surface area contributed by atoms with Crippen LogP contribution in [0, 0.1) is 5.92 Å². The molecule has 1 aromatic rings. The maximum Gasteiger partial charge on any atom is 0.161 e. The lowest BCUT2D eigenvalue weighted by atomic mass is 9.94. The maximum atomic E-state index is 5.79. The van der Waals surface area contributed by atoms with E-state index >= 15 is 0 Å². The fourth-order valence-electron chi connectivity index (χ4n) is 2.22. The van der Waals surface area contributed by atoms with Crippen LogP contribution in [0.5, 0.6) is 11.5 Å². The monoisotopic (exact) mass is 263 g/mol. The quantitative estimate of drug-likeness (QED) is 0.731. The highest BCUT2D eigenvalue weighted by Crippen LogP contribution is 2.30. The first kappa shape index (κ1) is 14.2. The van der Waals surface area contributed by atoms with E-state index in [-0.39, 0.29) is 0 Å². The highest BCUT2D eigenvalue weighted by molar-refractivity contribution is 5.43. The van der Waals surface area contributed by atoms with Crippen molar-refractivity contribution in [2.75, 3.05) is 26.3 Å². The van der Waals surface area contributed by atoms with E-state index in [9.17, 15) is 0 Å². The summed E-state index contributed by atoms with van der Waals surface area (Å²) in [5, 5.41) is 3.31. The molecule has 19 heavy (non-hydrogen) atoms. The molecule has 0 bridgehead atoms. The molecule has 2 rings (SSSR count). The van der Waals surface area contributed by atoms with Crippen LogP contribution in [0.2, 0.25) is 0 Å². The summed E-state index contributed by atoms with van der Waals surface area (Å²) >= 11 is 0. The molecule has 1 fully saturated rings. The Morgan fingerprint density at radius 3 is 2.63 bits per heavy atom. The Hall–Kier alpha value is -1.22. The standard InChI is InChI=1S/C16H25NO2/c1-3-5-8-19-15-7-6-13(9-14-11-17-12-14)10-16(15)18-4-2/h6-7,10,14,17H,3-5,8-9,11-12H2,1-2H3. The Bertz CT molecular complexity index is 388. The first-order chi connectivity index (χ1) is 9.33. The minimum atomic E-state index is 0.679. The summed E-state index contributed by atoms with van der Waals surface area (Å²) in [4.78, 5) is 0. The van der Waals surface area contributed by atoms with Gasteiger partial charge in [-0.25, -0.2) is 0 Å². The van der Waals surface area contributed by atoms with Crippen molar-refractivity contribution in [1.82, 2.24) is 5.32 Å². The summed E-state index contributed by atoms with van der Waals surface area (Å²) < 4.78 is 11.5. The molecule has 1 aromatic carbocycles. The Morgan fingerprint density at radius 2 is 2.00 bits per heavy atom.